The van der Waals surface area contributed by atoms with Crippen LogP contribution in [0.15, 0.2) is 30.3 Å². The Balaban J connectivity index is 1.62. The summed E-state index contributed by atoms with van der Waals surface area (Å²) in [4.78, 5) is 2.49. The van der Waals surface area contributed by atoms with E-state index in [1.807, 2.05) is 6.07 Å². The van der Waals surface area contributed by atoms with Gasteiger partial charge in [0.15, 0.2) is 0 Å². The van der Waals surface area contributed by atoms with Crippen molar-refractivity contribution in [3.63, 3.8) is 0 Å². The number of hydrogen-bond donors (Lipinski definition) is 1. The van der Waals surface area contributed by atoms with Crippen LogP contribution < -0.4 is 5.73 Å². The molecular formula is C17H28N2. The van der Waals surface area contributed by atoms with E-state index in [2.05, 4.69) is 36.2 Å². The number of nitrogens with zero attached hydrogens (tertiary/aromatic N) is 1. The van der Waals surface area contributed by atoms with Crippen molar-refractivity contribution in [1.29, 1.82) is 0 Å². The lowest BCUT2D eigenvalue weighted by Crippen LogP contribution is -2.26. The van der Waals surface area contributed by atoms with E-state index in [1.165, 1.54) is 50.8 Å². The van der Waals surface area contributed by atoms with E-state index in [0.717, 1.165) is 12.3 Å². The molecule has 2 heteroatoms. The van der Waals surface area contributed by atoms with Crippen LogP contribution in [0, 0.1) is 5.92 Å². The summed E-state index contributed by atoms with van der Waals surface area (Å²) in [7, 11) is 2.26. The first-order valence-corrected chi connectivity index (χ1v) is 7.75. The van der Waals surface area contributed by atoms with Crippen molar-refractivity contribution in [2.75, 3.05) is 20.1 Å². The van der Waals surface area contributed by atoms with Gasteiger partial charge in [0.1, 0.15) is 0 Å². The molecule has 0 heterocycles. The average molecular weight is 260 g/mol. The van der Waals surface area contributed by atoms with Gasteiger partial charge in [-0.05, 0) is 50.8 Å². The van der Waals surface area contributed by atoms with Gasteiger partial charge in [-0.15, -0.1) is 0 Å². The molecule has 0 aliphatic heterocycles. The van der Waals surface area contributed by atoms with Crippen molar-refractivity contribution in [2.45, 2.75) is 44.6 Å². The van der Waals surface area contributed by atoms with E-state index in [9.17, 15) is 0 Å². The molecule has 1 aromatic rings. The Morgan fingerprint density at radius 2 is 1.89 bits per heavy atom. The first kappa shape index (κ1) is 14.5. The van der Waals surface area contributed by atoms with Crippen LogP contribution in [-0.2, 0) is 0 Å². The molecule has 1 unspecified atom stereocenters. The second-order valence-corrected chi connectivity index (χ2v) is 6.07. The van der Waals surface area contributed by atoms with Gasteiger partial charge in [0.25, 0.3) is 0 Å². The Kier molecular flexibility index (Phi) is 5.87. The molecule has 0 amide bonds. The van der Waals surface area contributed by atoms with Crippen molar-refractivity contribution in [3.05, 3.63) is 35.9 Å². The fraction of sp³-hybridized carbons (Fsp3) is 0.647. The van der Waals surface area contributed by atoms with Gasteiger partial charge in [-0.25, -0.2) is 0 Å². The first-order valence-electron chi connectivity index (χ1n) is 7.75. The van der Waals surface area contributed by atoms with E-state index in [0.29, 0.717) is 0 Å². The van der Waals surface area contributed by atoms with Gasteiger partial charge in [-0.2, -0.15) is 0 Å². The quantitative estimate of drug-likeness (QED) is 0.812. The number of hydrogen-bond acceptors (Lipinski definition) is 2. The molecule has 19 heavy (non-hydrogen) atoms. The summed E-state index contributed by atoms with van der Waals surface area (Å²) in [5.74, 6) is 0.952. The Bertz CT molecular complexity index is 344. The third-order valence-corrected chi connectivity index (χ3v) is 4.33. The number of rotatable bonds is 7. The van der Waals surface area contributed by atoms with Gasteiger partial charge >= 0.3 is 0 Å². The molecule has 0 spiro atoms. The molecule has 2 nitrogen and oxygen atoms in total. The molecule has 1 aliphatic carbocycles. The molecule has 0 aromatic heterocycles. The van der Waals surface area contributed by atoms with Crippen LogP contribution in [0.2, 0.25) is 0 Å². The SMILES string of the molecule is CN(CCCC(N)c1ccccc1)CC1CCCC1. The molecule has 2 rings (SSSR count). The minimum Gasteiger partial charge on any atom is -0.324 e. The van der Waals surface area contributed by atoms with Crippen LogP contribution in [0.5, 0.6) is 0 Å². The zero-order valence-corrected chi connectivity index (χ0v) is 12.2. The molecule has 1 fully saturated rings. The number of benzene rings is 1. The predicted octanol–water partition coefficient (Wildman–Crippen LogP) is 3.59. The minimum atomic E-state index is 0.195. The Morgan fingerprint density at radius 3 is 2.58 bits per heavy atom. The maximum Gasteiger partial charge on any atom is 0.0295 e. The standard InChI is InChI=1S/C17H28N2/c1-19(14-15-8-5-6-9-15)13-7-12-17(18)16-10-3-2-4-11-16/h2-4,10-11,15,17H,5-9,12-14,18H2,1H3. The van der Waals surface area contributed by atoms with Crippen molar-refractivity contribution >= 4 is 0 Å². The van der Waals surface area contributed by atoms with Gasteiger partial charge in [0.05, 0.1) is 0 Å². The minimum absolute atomic E-state index is 0.195. The maximum atomic E-state index is 6.23. The van der Waals surface area contributed by atoms with Crippen molar-refractivity contribution < 1.29 is 0 Å². The Morgan fingerprint density at radius 1 is 1.21 bits per heavy atom. The second kappa shape index (κ2) is 7.66. The highest BCUT2D eigenvalue weighted by Crippen LogP contribution is 2.25. The molecule has 2 N–H and O–H groups in total. The third-order valence-electron chi connectivity index (χ3n) is 4.33. The number of nitrogens with two attached hydrogens (primary N) is 1. The lowest BCUT2D eigenvalue weighted by Gasteiger charge is -2.21. The van der Waals surface area contributed by atoms with Crippen LogP contribution in [0.1, 0.15) is 50.1 Å². The fourth-order valence-corrected chi connectivity index (χ4v) is 3.17. The molecule has 0 bridgehead atoms. The zero-order valence-electron chi connectivity index (χ0n) is 12.2. The van der Waals surface area contributed by atoms with Crippen LogP contribution in [0.3, 0.4) is 0 Å². The summed E-state index contributed by atoms with van der Waals surface area (Å²) < 4.78 is 0. The van der Waals surface area contributed by atoms with E-state index in [-0.39, 0.29) is 6.04 Å². The lowest BCUT2D eigenvalue weighted by molar-refractivity contribution is 0.270. The van der Waals surface area contributed by atoms with Gasteiger partial charge in [-0.1, -0.05) is 43.2 Å². The fourth-order valence-electron chi connectivity index (χ4n) is 3.17. The lowest BCUT2D eigenvalue weighted by atomic mass is 10.0. The molecule has 106 valence electrons. The smallest absolute Gasteiger partial charge is 0.0295 e. The molecule has 0 radical (unpaired) electrons. The largest absolute Gasteiger partial charge is 0.324 e. The van der Waals surface area contributed by atoms with Gasteiger partial charge in [-0.3, -0.25) is 0 Å². The van der Waals surface area contributed by atoms with Crippen molar-refractivity contribution in [1.82, 2.24) is 4.90 Å². The summed E-state index contributed by atoms with van der Waals surface area (Å²) >= 11 is 0. The van der Waals surface area contributed by atoms with E-state index < -0.39 is 0 Å². The maximum absolute atomic E-state index is 6.23. The monoisotopic (exact) mass is 260 g/mol. The van der Waals surface area contributed by atoms with Crippen molar-refractivity contribution in [3.8, 4) is 0 Å². The highest BCUT2D eigenvalue weighted by Gasteiger charge is 2.16. The molecule has 1 saturated carbocycles. The van der Waals surface area contributed by atoms with Gasteiger partial charge in [0.2, 0.25) is 0 Å². The van der Waals surface area contributed by atoms with E-state index in [1.54, 1.807) is 0 Å². The normalized spacial score (nSPS) is 18.1. The van der Waals surface area contributed by atoms with Crippen LogP contribution >= 0.6 is 0 Å². The molecule has 1 atom stereocenters. The van der Waals surface area contributed by atoms with Crippen LogP contribution in [-0.4, -0.2) is 25.0 Å². The summed E-state index contributed by atoms with van der Waals surface area (Å²) in [5, 5.41) is 0. The van der Waals surface area contributed by atoms with Crippen molar-refractivity contribution in [2.24, 2.45) is 11.7 Å². The highest BCUT2D eigenvalue weighted by atomic mass is 15.1. The summed E-state index contributed by atoms with van der Waals surface area (Å²) in [6, 6.07) is 10.6. The zero-order chi connectivity index (χ0) is 13.5. The Labute approximate surface area is 118 Å². The topological polar surface area (TPSA) is 29.3 Å². The molecule has 1 aromatic carbocycles. The Hall–Kier alpha value is -0.860. The molecule has 0 saturated heterocycles. The van der Waals surface area contributed by atoms with Crippen LogP contribution in [0.25, 0.3) is 0 Å². The van der Waals surface area contributed by atoms with E-state index in [4.69, 9.17) is 5.73 Å². The average Bonchev–Trinajstić information content (AvgIpc) is 2.92. The van der Waals surface area contributed by atoms with Gasteiger partial charge in [0, 0.05) is 12.6 Å². The summed E-state index contributed by atoms with van der Waals surface area (Å²) in [6.07, 6.45) is 8.04. The van der Waals surface area contributed by atoms with Gasteiger partial charge < -0.3 is 10.6 Å². The summed E-state index contributed by atoms with van der Waals surface area (Å²) in [6.45, 7) is 2.46. The van der Waals surface area contributed by atoms with Crippen LogP contribution in [0.4, 0.5) is 0 Å². The summed E-state index contributed by atoms with van der Waals surface area (Å²) in [5.41, 5.74) is 7.49. The second-order valence-electron chi connectivity index (χ2n) is 6.07. The first-order chi connectivity index (χ1) is 9.25. The molecular weight excluding hydrogens is 232 g/mol. The van der Waals surface area contributed by atoms with E-state index >= 15 is 0 Å². The third kappa shape index (κ3) is 4.96. The predicted molar refractivity (Wildman–Crippen MR) is 82.1 cm³/mol. The highest BCUT2D eigenvalue weighted by molar-refractivity contribution is 5.18. The molecule has 1 aliphatic rings.